The minimum Gasteiger partial charge on any atom is -0.497 e. The highest BCUT2D eigenvalue weighted by molar-refractivity contribution is 7.89. The number of non-ortho nitro benzene ring substituents is 1. The van der Waals surface area contributed by atoms with Crippen molar-refractivity contribution in [1.29, 1.82) is 0 Å². The summed E-state index contributed by atoms with van der Waals surface area (Å²) in [4.78, 5) is 10.0. The molecule has 0 unspecified atom stereocenters. The van der Waals surface area contributed by atoms with E-state index < -0.39 is 33.7 Å². The van der Waals surface area contributed by atoms with Crippen LogP contribution < -0.4 is 9.46 Å². The molecule has 0 aliphatic rings. The Labute approximate surface area is 150 Å². The number of nitrogens with zero attached hydrogens (tertiary/aromatic N) is 1. The molecule has 2 rings (SSSR count). The minimum atomic E-state index is -4.00. The monoisotopic (exact) mass is 382 g/mol. The van der Waals surface area contributed by atoms with Gasteiger partial charge < -0.3 is 14.9 Å². The van der Waals surface area contributed by atoms with E-state index >= 15 is 0 Å². The van der Waals surface area contributed by atoms with Crippen LogP contribution >= 0.6 is 0 Å². The van der Waals surface area contributed by atoms with Gasteiger partial charge in [-0.1, -0.05) is 0 Å². The summed E-state index contributed by atoms with van der Waals surface area (Å²) in [6.45, 7) is -0.673. The van der Waals surface area contributed by atoms with Crippen LogP contribution in [0.3, 0.4) is 0 Å². The number of hydrogen-bond donors (Lipinski definition) is 3. The van der Waals surface area contributed by atoms with Crippen molar-refractivity contribution in [2.24, 2.45) is 0 Å². The maximum Gasteiger partial charge on any atom is 0.269 e. The third-order valence-electron chi connectivity index (χ3n) is 3.70. The maximum absolute atomic E-state index is 12.4. The van der Waals surface area contributed by atoms with Crippen molar-refractivity contribution in [3.8, 4) is 5.75 Å². The van der Waals surface area contributed by atoms with Crippen molar-refractivity contribution >= 4 is 15.7 Å². The maximum atomic E-state index is 12.4. The van der Waals surface area contributed by atoms with E-state index in [1.807, 2.05) is 0 Å². The van der Waals surface area contributed by atoms with Crippen LogP contribution in [0.15, 0.2) is 53.4 Å². The van der Waals surface area contributed by atoms with Crippen molar-refractivity contribution in [3.63, 3.8) is 0 Å². The van der Waals surface area contributed by atoms with Gasteiger partial charge in [0.1, 0.15) is 5.75 Å². The third-order valence-corrected chi connectivity index (χ3v) is 5.21. The van der Waals surface area contributed by atoms with Crippen LogP contribution in [0.5, 0.6) is 5.75 Å². The van der Waals surface area contributed by atoms with Crippen molar-refractivity contribution in [2.45, 2.75) is 17.0 Å². The van der Waals surface area contributed by atoms with Crippen molar-refractivity contribution < 1.29 is 28.3 Å². The number of sulfonamides is 1. The fraction of sp³-hybridized carbons (Fsp3) is 0.250. The number of rotatable bonds is 8. The van der Waals surface area contributed by atoms with Gasteiger partial charge in [-0.3, -0.25) is 10.1 Å². The molecule has 2 aromatic carbocycles. The number of ether oxygens (including phenoxy) is 1. The summed E-state index contributed by atoms with van der Waals surface area (Å²) in [7, 11) is -2.56. The number of nitrogens with one attached hydrogen (secondary N) is 1. The van der Waals surface area contributed by atoms with Gasteiger partial charge >= 0.3 is 0 Å². The SMILES string of the molecule is COc1ccc(S(=O)(=O)N[C@H](CO)[C@@H](O)c2ccc([N+](=O)[O-])cc2)cc1. The van der Waals surface area contributed by atoms with E-state index in [1.54, 1.807) is 0 Å². The zero-order chi connectivity index (χ0) is 19.3. The lowest BCUT2D eigenvalue weighted by atomic mass is 10.0. The molecule has 0 aromatic heterocycles. The Morgan fingerprint density at radius 2 is 1.73 bits per heavy atom. The zero-order valence-electron chi connectivity index (χ0n) is 13.8. The second kappa shape index (κ2) is 8.23. The summed E-state index contributed by atoms with van der Waals surface area (Å²) in [5.41, 5.74) is 0.0624. The molecular formula is C16H18N2O7S. The van der Waals surface area contributed by atoms with Crippen molar-refractivity contribution in [2.75, 3.05) is 13.7 Å². The summed E-state index contributed by atoms with van der Waals surface area (Å²) in [5.74, 6) is 0.480. The van der Waals surface area contributed by atoms with Crippen LogP contribution in [-0.2, 0) is 10.0 Å². The largest absolute Gasteiger partial charge is 0.497 e. The van der Waals surface area contributed by atoms with Crippen LogP contribution in [-0.4, -0.2) is 43.3 Å². The highest BCUT2D eigenvalue weighted by atomic mass is 32.2. The van der Waals surface area contributed by atoms with Gasteiger partial charge in [-0.2, -0.15) is 0 Å². The normalized spacial score (nSPS) is 13.8. The summed E-state index contributed by atoms with van der Waals surface area (Å²) < 4.78 is 32.0. The lowest BCUT2D eigenvalue weighted by Crippen LogP contribution is -2.41. The van der Waals surface area contributed by atoms with Gasteiger partial charge in [0.25, 0.3) is 5.69 Å². The van der Waals surface area contributed by atoms with Gasteiger partial charge in [-0.25, -0.2) is 13.1 Å². The molecule has 10 heteroatoms. The van der Waals surface area contributed by atoms with Gasteiger partial charge in [0.2, 0.25) is 10.0 Å². The Morgan fingerprint density at radius 1 is 1.15 bits per heavy atom. The summed E-state index contributed by atoms with van der Waals surface area (Å²) in [6, 6.07) is 9.33. The van der Waals surface area contributed by atoms with E-state index in [0.29, 0.717) is 5.75 Å². The van der Waals surface area contributed by atoms with Gasteiger partial charge in [0.15, 0.2) is 0 Å². The first-order valence-electron chi connectivity index (χ1n) is 7.48. The minimum absolute atomic E-state index is 0.0624. The predicted octanol–water partition coefficient (Wildman–Crippen LogP) is 0.976. The molecule has 140 valence electrons. The lowest BCUT2D eigenvalue weighted by Gasteiger charge is -2.22. The smallest absolute Gasteiger partial charge is 0.269 e. The van der Waals surface area contributed by atoms with Crippen LogP contribution in [0.4, 0.5) is 5.69 Å². The molecule has 0 aliphatic carbocycles. The zero-order valence-corrected chi connectivity index (χ0v) is 14.6. The summed E-state index contributed by atoms with van der Waals surface area (Å²) >= 11 is 0. The summed E-state index contributed by atoms with van der Waals surface area (Å²) in [6.07, 6.45) is -1.39. The molecule has 0 saturated carbocycles. The van der Waals surface area contributed by atoms with Gasteiger partial charge in [-0.05, 0) is 42.0 Å². The number of hydrogen-bond acceptors (Lipinski definition) is 7. The predicted molar refractivity (Wildman–Crippen MR) is 92.2 cm³/mol. The Balaban J connectivity index is 2.19. The molecule has 3 N–H and O–H groups in total. The highest BCUT2D eigenvalue weighted by Gasteiger charge is 2.27. The van der Waals surface area contributed by atoms with Crippen LogP contribution in [0, 0.1) is 10.1 Å². The van der Waals surface area contributed by atoms with Crippen LogP contribution in [0.1, 0.15) is 11.7 Å². The number of nitro benzene ring substituents is 1. The molecule has 2 atom stereocenters. The third kappa shape index (κ3) is 4.55. The molecule has 9 nitrogen and oxygen atoms in total. The summed E-state index contributed by atoms with van der Waals surface area (Å²) in [5, 5.41) is 30.5. The Hall–Kier alpha value is -2.53. The van der Waals surface area contributed by atoms with Crippen LogP contribution in [0.25, 0.3) is 0 Å². The number of nitro groups is 1. The Kier molecular flexibility index (Phi) is 6.27. The molecule has 0 spiro atoms. The first kappa shape index (κ1) is 19.8. The van der Waals surface area contributed by atoms with E-state index in [1.165, 1.54) is 55.6 Å². The van der Waals surface area contributed by atoms with Crippen molar-refractivity contribution in [1.82, 2.24) is 4.72 Å². The molecule has 2 aromatic rings. The second-order valence-electron chi connectivity index (χ2n) is 5.38. The van der Waals surface area contributed by atoms with E-state index in [9.17, 15) is 28.7 Å². The molecule has 26 heavy (non-hydrogen) atoms. The molecule has 0 saturated heterocycles. The Morgan fingerprint density at radius 3 is 2.19 bits per heavy atom. The highest BCUT2D eigenvalue weighted by Crippen LogP contribution is 2.22. The topological polar surface area (TPSA) is 139 Å². The first-order valence-corrected chi connectivity index (χ1v) is 8.96. The number of aliphatic hydroxyl groups is 2. The average molecular weight is 382 g/mol. The lowest BCUT2D eigenvalue weighted by molar-refractivity contribution is -0.384. The van der Waals surface area contributed by atoms with E-state index in [0.717, 1.165) is 0 Å². The fourth-order valence-electron chi connectivity index (χ4n) is 2.25. The molecule has 0 radical (unpaired) electrons. The molecule has 0 amide bonds. The number of methoxy groups -OCH3 is 1. The fourth-order valence-corrected chi connectivity index (χ4v) is 3.48. The molecule has 0 fully saturated rings. The second-order valence-corrected chi connectivity index (χ2v) is 7.09. The standard InChI is InChI=1S/C16H18N2O7S/c1-25-13-6-8-14(9-7-13)26(23,24)17-15(10-19)16(20)11-2-4-12(5-3-11)18(21)22/h2-9,15-17,19-20H,10H2,1H3/t15-,16+/m1/s1. The molecule has 0 heterocycles. The molecule has 0 aliphatic heterocycles. The Bertz CT molecular complexity index is 851. The van der Waals surface area contributed by atoms with Gasteiger partial charge in [0, 0.05) is 12.1 Å². The average Bonchev–Trinajstić information content (AvgIpc) is 2.65. The van der Waals surface area contributed by atoms with Gasteiger partial charge in [-0.15, -0.1) is 0 Å². The first-order chi connectivity index (χ1) is 12.3. The van der Waals surface area contributed by atoms with E-state index in [4.69, 9.17) is 4.74 Å². The quantitative estimate of drug-likeness (QED) is 0.457. The number of aliphatic hydroxyl groups excluding tert-OH is 2. The van der Waals surface area contributed by atoms with E-state index in [2.05, 4.69) is 4.72 Å². The molecule has 0 bridgehead atoms. The van der Waals surface area contributed by atoms with Gasteiger partial charge in [0.05, 0.1) is 35.7 Å². The molecular weight excluding hydrogens is 364 g/mol. The van der Waals surface area contributed by atoms with Crippen LogP contribution in [0.2, 0.25) is 0 Å². The van der Waals surface area contributed by atoms with Crippen molar-refractivity contribution in [3.05, 3.63) is 64.2 Å². The number of benzene rings is 2. The van der Waals surface area contributed by atoms with E-state index in [-0.39, 0.29) is 16.1 Å².